The fourth-order valence-corrected chi connectivity index (χ4v) is 5.99. The smallest absolute Gasteiger partial charge is 0.243 e. The second-order valence-corrected chi connectivity index (χ2v) is 10.5. The Morgan fingerprint density at radius 1 is 0.781 bits per heavy atom. The zero-order valence-electron chi connectivity index (χ0n) is 18.5. The molecule has 0 saturated carbocycles. The zero-order chi connectivity index (χ0) is 22.2. The maximum atomic E-state index is 13.3. The molecule has 4 rings (SSSR count). The number of sulfonamides is 1. The summed E-state index contributed by atoms with van der Waals surface area (Å²) in [7, 11) is -3.53. The highest BCUT2D eigenvalue weighted by molar-refractivity contribution is 7.89. The van der Waals surface area contributed by atoms with Crippen LogP contribution in [0.1, 0.15) is 36.3 Å². The van der Waals surface area contributed by atoms with E-state index < -0.39 is 10.0 Å². The fraction of sp³-hybridized carbons (Fsp3) is 0.333. The van der Waals surface area contributed by atoms with Crippen molar-refractivity contribution in [1.82, 2.24) is 9.21 Å². The van der Waals surface area contributed by atoms with Crippen molar-refractivity contribution in [3.05, 3.63) is 102 Å². The second kappa shape index (κ2) is 10.9. The number of nitrogens with zero attached hydrogens (tertiary/aromatic N) is 2. The van der Waals surface area contributed by atoms with Crippen LogP contribution in [0, 0.1) is 0 Å². The lowest BCUT2D eigenvalue weighted by Gasteiger charge is -2.32. The Morgan fingerprint density at radius 2 is 1.34 bits per heavy atom. The van der Waals surface area contributed by atoms with Gasteiger partial charge in [-0.3, -0.25) is 0 Å². The van der Waals surface area contributed by atoms with Gasteiger partial charge in [-0.15, -0.1) is 0 Å². The molecule has 0 radical (unpaired) electrons. The highest BCUT2D eigenvalue weighted by Gasteiger charge is 2.25. The summed E-state index contributed by atoms with van der Waals surface area (Å²) in [6.45, 7) is 3.99. The molecule has 5 heteroatoms. The molecular weight excluding hydrogens is 416 g/mol. The highest BCUT2D eigenvalue weighted by Crippen LogP contribution is 2.28. The Morgan fingerprint density at radius 3 is 1.97 bits per heavy atom. The van der Waals surface area contributed by atoms with Gasteiger partial charge in [0.1, 0.15) is 0 Å². The Kier molecular flexibility index (Phi) is 7.74. The summed E-state index contributed by atoms with van der Waals surface area (Å²) in [5.74, 6) is 0.639. The van der Waals surface area contributed by atoms with Gasteiger partial charge >= 0.3 is 0 Å². The third-order valence-electron chi connectivity index (χ3n) is 6.32. The van der Waals surface area contributed by atoms with Crippen LogP contribution in [-0.2, 0) is 16.6 Å². The van der Waals surface area contributed by atoms with Gasteiger partial charge in [0.2, 0.25) is 10.0 Å². The van der Waals surface area contributed by atoms with Crippen LogP contribution in [0.2, 0.25) is 0 Å². The Labute approximate surface area is 192 Å². The molecule has 0 atom stereocenters. The molecule has 1 fully saturated rings. The summed E-state index contributed by atoms with van der Waals surface area (Å²) in [5.41, 5.74) is 2.45. The summed E-state index contributed by atoms with van der Waals surface area (Å²) < 4.78 is 28.3. The van der Waals surface area contributed by atoms with Crippen molar-refractivity contribution in [3.8, 4) is 0 Å². The summed E-state index contributed by atoms with van der Waals surface area (Å²) in [4.78, 5) is 2.84. The molecule has 0 spiro atoms. The molecule has 0 amide bonds. The predicted octanol–water partition coefficient (Wildman–Crippen LogP) is 5.15. The van der Waals surface area contributed by atoms with E-state index in [0.29, 0.717) is 23.9 Å². The first-order valence-corrected chi connectivity index (χ1v) is 12.9. The van der Waals surface area contributed by atoms with E-state index in [4.69, 9.17) is 0 Å². The molecule has 0 aromatic heterocycles. The quantitative estimate of drug-likeness (QED) is 0.455. The monoisotopic (exact) mass is 448 g/mol. The third kappa shape index (κ3) is 5.85. The van der Waals surface area contributed by atoms with Crippen LogP contribution in [-0.4, -0.2) is 43.8 Å². The topological polar surface area (TPSA) is 40.6 Å². The largest absolute Gasteiger partial charge is 0.303 e. The van der Waals surface area contributed by atoms with Crippen molar-refractivity contribution in [2.24, 2.45) is 0 Å². The molecule has 3 aromatic rings. The number of hydrogen-bond donors (Lipinski definition) is 0. The molecule has 168 valence electrons. The minimum Gasteiger partial charge on any atom is -0.303 e. The number of benzene rings is 3. The van der Waals surface area contributed by atoms with Gasteiger partial charge in [0.25, 0.3) is 0 Å². The molecule has 1 aliphatic heterocycles. The van der Waals surface area contributed by atoms with Crippen molar-refractivity contribution >= 4 is 10.0 Å². The summed E-state index contributed by atoms with van der Waals surface area (Å²) in [5, 5.41) is 0. The number of hydrogen-bond acceptors (Lipinski definition) is 3. The maximum absolute atomic E-state index is 13.3. The van der Waals surface area contributed by atoms with Crippen LogP contribution in [0.25, 0.3) is 0 Å². The summed E-state index contributed by atoms with van der Waals surface area (Å²) >= 11 is 0. The van der Waals surface area contributed by atoms with Gasteiger partial charge in [0.05, 0.1) is 4.90 Å². The lowest BCUT2D eigenvalue weighted by molar-refractivity contribution is 0.204. The molecule has 0 unspecified atom stereocenters. The van der Waals surface area contributed by atoms with Gasteiger partial charge < -0.3 is 4.90 Å². The van der Waals surface area contributed by atoms with Crippen LogP contribution in [0.5, 0.6) is 0 Å². The fourth-order valence-electron chi connectivity index (χ4n) is 4.50. The van der Waals surface area contributed by atoms with Gasteiger partial charge in [0.15, 0.2) is 0 Å². The van der Waals surface area contributed by atoms with Crippen molar-refractivity contribution in [2.75, 3.05) is 26.2 Å². The molecule has 1 aliphatic rings. The Hall–Kier alpha value is -2.47. The minimum absolute atomic E-state index is 0.361. The SMILES string of the molecule is O=S(=O)(c1ccccc1)N(CCCN1CCC(c2ccccc2)CC1)Cc1ccccc1. The normalized spacial score (nSPS) is 15.8. The van der Waals surface area contributed by atoms with E-state index in [1.54, 1.807) is 28.6 Å². The lowest BCUT2D eigenvalue weighted by Crippen LogP contribution is -2.37. The maximum Gasteiger partial charge on any atom is 0.243 e. The van der Waals surface area contributed by atoms with Crippen LogP contribution >= 0.6 is 0 Å². The van der Waals surface area contributed by atoms with E-state index in [1.807, 2.05) is 36.4 Å². The van der Waals surface area contributed by atoms with Crippen molar-refractivity contribution in [3.63, 3.8) is 0 Å². The number of likely N-dealkylation sites (tertiary alicyclic amines) is 1. The predicted molar refractivity (Wildman–Crippen MR) is 130 cm³/mol. The van der Waals surface area contributed by atoms with E-state index in [0.717, 1.165) is 31.6 Å². The van der Waals surface area contributed by atoms with E-state index in [2.05, 4.69) is 35.2 Å². The highest BCUT2D eigenvalue weighted by atomic mass is 32.2. The average molecular weight is 449 g/mol. The van der Waals surface area contributed by atoms with Gasteiger partial charge in [0, 0.05) is 13.1 Å². The van der Waals surface area contributed by atoms with E-state index in [-0.39, 0.29) is 0 Å². The molecule has 0 aliphatic carbocycles. The summed E-state index contributed by atoms with van der Waals surface area (Å²) in [6, 6.07) is 29.4. The van der Waals surface area contributed by atoms with Crippen LogP contribution in [0.4, 0.5) is 0 Å². The Bertz CT molecular complexity index is 1050. The molecule has 0 bridgehead atoms. The standard InChI is InChI=1S/C27H32N2O2S/c30-32(31,27-15-8-3-9-16-27)29(23-24-11-4-1-5-12-24)20-10-19-28-21-17-26(18-22-28)25-13-6-2-7-14-25/h1-9,11-16,26H,10,17-23H2. The van der Waals surface area contributed by atoms with Crippen molar-refractivity contribution in [2.45, 2.75) is 36.6 Å². The van der Waals surface area contributed by atoms with E-state index in [9.17, 15) is 8.42 Å². The average Bonchev–Trinajstić information content (AvgIpc) is 2.85. The molecule has 0 N–H and O–H groups in total. The van der Waals surface area contributed by atoms with Gasteiger partial charge in [-0.2, -0.15) is 4.31 Å². The Balaban J connectivity index is 1.36. The van der Waals surface area contributed by atoms with Gasteiger partial charge in [-0.25, -0.2) is 8.42 Å². The van der Waals surface area contributed by atoms with Crippen LogP contribution in [0.3, 0.4) is 0 Å². The molecule has 1 heterocycles. The second-order valence-electron chi connectivity index (χ2n) is 8.52. The first kappa shape index (κ1) is 22.7. The molecule has 32 heavy (non-hydrogen) atoms. The van der Waals surface area contributed by atoms with E-state index in [1.165, 1.54) is 18.4 Å². The van der Waals surface area contributed by atoms with E-state index >= 15 is 0 Å². The minimum atomic E-state index is -3.53. The van der Waals surface area contributed by atoms with Crippen LogP contribution in [0.15, 0.2) is 95.9 Å². The zero-order valence-corrected chi connectivity index (χ0v) is 19.3. The number of rotatable bonds is 9. The van der Waals surface area contributed by atoms with Gasteiger partial charge in [-0.1, -0.05) is 78.9 Å². The van der Waals surface area contributed by atoms with Gasteiger partial charge in [-0.05, 0) is 68.1 Å². The lowest BCUT2D eigenvalue weighted by atomic mass is 9.89. The van der Waals surface area contributed by atoms with Crippen molar-refractivity contribution in [1.29, 1.82) is 0 Å². The van der Waals surface area contributed by atoms with Crippen molar-refractivity contribution < 1.29 is 8.42 Å². The number of piperidine rings is 1. The van der Waals surface area contributed by atoms with Crippen LogP contribution < -0.4 is 0 Å². The first-order chi connectivity index (χ1) is 15.6. The first-order valence-electron chi connectivity index (χ1n) is 11.5. The third-order valence-corrected chi connectivity index (χ3v) is 8.18. The molecule has 4 nitrogen and oxygen atoms in total. The summed E-state index contributed by atoms with van der Waals surface area (Å²) in [6.07, 6.45) is 3.16. The molecular formula is C27H32N2O2S. The molecule has 1 saturated heterocycles. The molecule has 3 aromatic carbocycles.